The Morgan fingerprint density at radius 1 is 1.03 bits per heavy atom. The fraction of sp³-hybridized carbons (Fsp3) is 0.520. The first kappa shape index (κ1) is 21.6. The molecule has 0 unspecified atom stereocenters. The van der Waals surface area contributed by atoms with Gasteiger partial charge in [-0.05, 0) is 51.3 Å². The summed E-state index contributed by atoms with van der Waals surface area (Å²) >= 11 is 0. The Balaban J connectivity index is 1.18. The molecule has 4 rings (SSSR count). The molecule has 2 heterocycles. The third-order valence-electron chi connectivity index (χ3n) is 6.34. The minimum absolute atomic E-state index is 0.176. The Labute approximate surface area is 184 Å². The van der Waals surface area contributed by atoms with Crippen LogP contribution >= 0.6 is 0 Å². The lowest BCUT2D eigenvalue weighted by molar-refractivity contribution is -0.133. The molecule has 1 aliphatic heterocycles. The first-order chi connectivity index (χ1) is 15.0. The van der Waals surface area contributed by atoms with E-state index in [1.165, 1.54) is 18.5 Å². The van der Waals surface area contributed by atoms with Crippen molar-refractivity contribution in [1.82, 2.24) is 14.4 Å². The van der Waals surface area contributed by atoms with Gasteiger partial charge in [0.05, 0.1) is 13.2 Å². The Morgan fingerprint density at radius 2 is 1.74 bits per heavy atom. The van der Waals surface area contributed by atoms with Gasteiger partial charge in [0.25, 0.3) is 0 Å². The molecule has 2 aromatic rings. The molecule has 1 aromatic heterocycles. The van der Waals surface area contributed by atoms with E-state index < -0.39 is 0 Å². The van der Waals surface area contributed by atoms with Crippen molar-refractivity contribution >= 4 is 11.7 Å². The number of rotatable bonds is 9. The van der Waals surface area contributed by atoms with Crippen LogP contribution in [0.25, 0.3) is 0 Å². The van der Waals surface area contributed by atoms with Crippen molar-refractivity contribution in [3.8, 4) is 5.75 Å². The summed E-state index contributed by atoms with van der Waals surface area (Å²) in [5, 5.41) is 0. The lowest BCUT2D eigenvalue weighted by Crippen LogP contribution is -2.49. The molecule has 2 aliphatic rings. The molecule has 1 aliphatic carbocycles. The molecule has 6 heteroatoms. The molecular formula is C25H33N3O3. The van der Waals surface area contributed by atoms with Crippen molar-refractivity contribution < 1.29 is 14.3 Å². The fourth-order valence-corrected chi connectivity index (χ4v) is 4.49. The summed E-state index contributed by atoms with van der Waals surface area (Å²) in [5.74, 6) is 1.21. The number of hydrogen-bond acceptors (Lipinski definition) is 4. The average molecular weight is 424 g/mol. The van der Waals surface area contributed by atoms with Crippen LogP contribution in [0.4, 0.5) is 0 Å². The standard InChI is InChI=1S/C25H33N3O3/c1-19-17-23(20(2)28(19)21-10-11-21)24(29)18-26-12-14-27(15-13-26)25(30)9-6-16-31-22-7-4-3-5-8-22/h3-5,7-8,17,21H,6,9-16,18H2,1-2H3. The highest BCUT2D eigenvalue weighted by atomic mass is 16.5. The molecule has 1 amide bonds. The molecule has 2 fully saturated rings. The second kappa shape index (κ2) is 9.69. The largest absolute Gasteiger partial charge is 0.494 e. The maximum absolute atomic E-state index is 12.9. The van der Waals surface area contributed by atoms with E-state index >= 15 is 0 Å². The zero-order chi connectivity index (χ0) is 21.8. The second-order valence-corrected chi connectivity index (χ2v) is 8.73. The summed E-state index contributed by atoms with van der Waals surface area (Å²) in [7, 11) is 0. The van der Waals surface area contributed by atoms with Crippen LogP contribution in [0.5, 0.6) is 5.75 Å². The minimum atomic E-state index is 0.176. The number of aromatic nitrogens is 1. The highest BCUT2D eigenvalue weighted by molar-refractivity contribution is 5.99. The van der Waals surface area contributed by atoms with E-state index in [0.29, 0.717) is 45.1 Å². The molecular weight excluding hydrogens is 390 g/mol. The number of nitrogens with zero attached hydrogens (tertiary/aromatic N) is 3. The van der Waals surface area contributed by atoms with Crippen LogP contribution in [0.15, 0.2) is 36.4 Å². The lowest BCUT2D eigenvalue weighted by Gasteiger charge is -2.34. The first-order valence-electron chi connectivity index (χ1n) is 11.4. The van der Waals surface area contributed by atoms with Gasteiger partial charge in [0.2, 0.25) is 5.91 Å². The molecule has 0 N–H and O–H groups in total. The number of para-hydroxylation sites is 1. The van der Waals surface area contributed by atoms with Gasteiger partial charge in [-0.1, -0.05) is 18.2 Å². The Morgan fingerprint density at radius 3 is 2.42 bits per heavy atom. The van der Waals surface area contributed by atoms with Crippen LogP contribution in [-0.4, -0.2) is 65.4 Å². The van der Waals surface area contributed by atoms with Gasteiger partial charge in [-0.3, -0.25) is 14.5 Å². The van der Waals surface area contributed by atoms with Crippen molar-refractivity contribution in [3.05, 3.63) is 53.3 Å². The molecule has 1 saturated carbocycles. The number of hydrogen-bond donors (Lipinski definition) is 0. The van der Waals surface area contributed by atoms with Crippen LogP contribution in [0, 0.1) is 13.8 Å². The van der Waals surface area contributed by atoms with Crippen LogP contribution in [0.1, 0.15) is 53.5 Å². The third-order valence-corrected chi connectivity index (χ3v) is 6.34. The minimum Gasteiger partial charge on any atom is -0.494 e. The van der Waals surface area contributed by atoms with Gasteiger partial charge in [0.15, 0.2) is 5.78 Å². The van der Waals surface area contributed by atoms with E-state index in [-0.39, 0.29) is 11.7 Å². The smallest absolute Gasteiger partial charge is 0.222 e. The number of carbonyl (C=O) groups excluding carboxylic acids is 2. The van der Waals surface area contributed by atoms with Crippen LogP contribution in [0.3, 0.4) is 0 Å². The van der Waals surface area contributed by atoms with Gasteiger partial charge in [0.1, 0.15) is 5.75 Å². The summed E-state index contributed by atoms with van der Waals surface area (Å²) in [6.45, 7) is 8.01. The van der Waals surface area contributed by atoms with Crippen molar-refractivity contribution in [2.75, 3.05) is 39.3 Å². The number of ketones is 1. The number of carbonyl (C=O) groups is 2. The van der Waals surface area contributed by atoms with Gasteiger partial charge in [-0.25, -0.2) is 0 Å². The van der Waals surface area contributed by atoms with E-state index in [1.807, 2.05) is 41.3 Å². The average Bonchev–Trinajstić information content (AvgIpc) is 3.56. The number of piperazine rings is 1. The SMILES string of the molecule is Cc1cc(C(=O)CN2CCN(C(=O)CCCOc3ccccc3)CC2)c(C)n1C1CC1. The lowest BCUT2D eigenvalue weighted by atomic mass is 10.1. The van der Waals surface area contributed by atoms with Crippen LogP contribution in [0.2, 0.25) is 0 Å². The molecule has 1 aromatic carbocycles. The molecule has 166 valence electrons. The van der Waals surface area contributed by atoms with Crippen molar-refractivity contribution in [2.45, 2.75) is 45.6 Å². The highest BCUT2D eigenvalue weighted by Crippen LogP contribution is 2.38. The maximum atomic E-state index is 12.9. The van der Waals surface area contributed by atoms with Gasteiger partial charge >= 0.3 is 0 Å². The Hall–Kier alpha value is -2.60. The van der Waals surface area contributed by atoms with E-state index in [2.05, 4.69) is 23.3 Å². The van der Waals surface area contributed by atoms with Gasteiger partial charge < -0.3 is 14.2 Å². The summed E-state index contributed by atoms with van der Waals surface area (Å²) < 4.78 is 7.99. The Bertz CT molecular complexity index is 910. The summed E-state index contributed by atoms with van der Waals surface area (Å²) in [6.07, 6.45) is 3.65. The predicted octanol–water partition coefficient (Wildman–Crippen LogP) is 3.63. The predicted molar refractivity (Wildman–Crippen MR) is 121 cm³/mol. The molecule has 0 bridgehead atoms. The summed E-state index contributed by atoms with van der Waals surface area (Å²) in [4.78, 5) is 29.5. The number of amides is 1. The molecule has 0 atom stereocenters. The maximum Gasteiger partial charge on any atom is 0.222 e. The molecule has 1 saturated heterocycles. The zero-order valence-electron chi connectivity index (χ0n) is 18.7. The normalized spacial score (nSPS) is 17.0. The summed E-state index contributed by atoms with van der Waals surface area (Å²) in [6, 6.07) is 12.3. The molecule has 0 radical (unpaired) electrons. The van der Waals surface area contributed by atoms with Crippen LogP contribution in [-0.2, 0) is 4.79 Å². The summed E-state index contributed by atoms with van der Waals surface area (Å²) in [5.41, 5.74) is 3.16. The van der Waals surface area contributed by atoms with E-state index in [4.69, 9.17) is 4.74 Å². The quantitative estimate of drug-likeness (QED) is 0.457. The first-order valence-corrected chi connectivity index (χ1v) is 11.4. The van der Waals surface area contributed by atoms with Crippen LogP contribution < -0.4 is 4.74 Å². The van der Waals surface area contributed by atoms with Gasteiger partial charge in [-0.15, -0.1) is 0 Å². The monoisotopic (exact) mass is 423 g/mol. The number of Topliss-reactive ketones (excluding diaryl/α,β-unsaturated/α-hetero) is 1. The third kappa shape index (κ3) is 5.37. The fourth-order valence-electron chi connectivity index (χ4n) is 4.49. The van der Waals surface area contributed by atoms with Gasteiger partial charge in [0, 0.05) is 55.6 Å². The van der Waals surface area contributed by atoms with E-state index in [0.717, 1.165) is 30.1 Å². The van der Waals surface area contributed by atoms with Gasteiger partial charge in [-0.2, -0.15) is 0 Å². The topological polar surface area (TPSA) is 54.8 Å². The second-order valence-electron chi connectivity index (χ2n) is 8.73. The number of benzene rings is 1. The number of aryl methyl sites for hydroxylation is 1. The Kier molecular flexibility index (Phi) is 6.76. The van der Waals surface area contributed by atoms with E-state index in [1.54, 1.807) is 0 Å². The van der Waals surface area contributed by atoms with E-state index in [9.17, 15) is 9.59 Å². The molecule has 31 heavy (non-hydrogen) atoms. The van der Waals surface area contributed by atoms with Crippen molar-refractivity contribution in [1.29, 1.82) is 0 Å². The highest BCUT2D eigenvalue weighted by Gasteiger charge is 2.29. The zero-order valence-corrected chi connectivity index (χ0v) is 18.7. The molecule has 6 nitrogen and oxygen atoms in total. The number of ether oxygens (including phenoxy) is 1. The molecule has 0 spiro atoms. The van der Waals surface area contributed by atoms with Crippen molar-refractivity contribution in [2.24, 2.45) is 0 Å². The van der Waals surface area contributed by atoms with Crippen molar-refractivity contribution in [3.63, 3.8) is 0 Å².